The van der Waals surface area contributed by atoms with Gasteiger partial charge < -0.3 is 10.0 Å². The molecule has 0 unspecified atom stereocenters. The molecule has 1 amide bonds. The van der Waals surface area contributed by atoms with Gasteiger partial charge >= 0.3 is 5.97 Å². The summed E-state index contributed by atoms with van der Waals surface area (Å²) < 4.78 is 0. The van der Waals surface area contributed by atoms with Gasteiger partial charge in [-0.1, -0.05) is 12.8 Å². The average molecular weight is 239 g/mol. The molecule has 1 aliphatic carbocycles. The molecule has 4 nitrogen and oxygen atoms in total. The van der Waals surface area contributed by atoms with E-state index in [-0.39, 0.29) is 11.8 Å². The first-order valence-corrected chi connectivity index (χ1v) is 6.72. The van der Waals surface area contributed by atoms with Crippen LogP contribution in [-0.4, -0.2) is 35.0 Å². The zero-order valence-electron chi connectivity index (χ0n) is 10.2. The molecule has 17 heavy (non-hydrogen) atoms. The Morgan fingerprint density at radius 3 is 2.06 bits per heavy atom. The molecule has 0 bridgehead atoms. The standard InChI is InChI=1S/C13H21NO3/c15-12(14-8-4-1-5-9-14)10-6-2-3-7-11(10)13(16)17/h10-11H,1-9H2,(H,16,17)/t10-,11+/m0/s1. The highest BCUT2D eigenvalue weighted by Crippen LogP contribution is 2.32. The molecular formula is C13H21NO3. The van der Waals surface area contributed by atoms with Gasteiger partial charge in [0.05, 0.1) is 11.8 Å². The fourth-order valence-electron chi connectivity index (χ4n) is 3.07. The minimum Gasteiger partial charge on any atom is -0.481 e. The second-order valence-electron chi connectivity index (χ2n) is 5.22. The highest BCUT2D eigenvalue weighted by atomic mass is 16.4. The lowest BCUT2D eigenvalue weighted by Crippen LogP contribution is -2.44. The van der Waals surface area contributed by atoms with Crippen LogP contribution in [0.4, 0.5) is 0 Å². The molecule has 2 rings (SSSR count). The van der Waals surface area contributed by atoms with Crippen LogP contribution in [0.1, 0.15) is 44.9 Å². The smallest absolute Gasteiger partial charge is 0.307 e. The molecule has 4 heteroatoms. The number of carbonyl (C=O) groups is 2. The Morgan fingerprint density at radius 1 is 0.882 bits per heavy atom. The van der Waals surface area contributed by atoms with Gasteiger partial charge in [0.25, 0.3) is 0 Å². The molecule has 1 aliphatic heterocycles. The first kappa shape index (κ1) is 12.4. The van der Waals surface area contributed by atoms with Gasteiger partial charge in [0.1, 0.15) is 0 Å². The Labute approximate surface area is 102 Å². The van der Waals surface area contributed by atoms with Crippen molar-refractivity contribution >= 4 is 11.9 Å². The third kappa shape index (κ3) is 2.79. The number of amides is 1. The molecule has 1 saturated carbocycles. The van der Waals surface area contributed by atoms with E-state index in [2.05, 4.69) is 0 Å². The summed E-state index contributed by atoms with van der Waals surface area (Å²) in [6.45, 7) is 1.64. The number of carbonyl (C=O) groups excluding carboxylic acids is 1. The van der Waals surface area contributed by atoms with Crippen molar-refractivity contribution in [1.82, 2.24) is 4.90 Å². The van der Waals surface area contributed by atoms with Gasteiger partial charge in [-0.05, 0) is 32.1 Å². The monoisotopic (exact) mass is 239 g/mol. The highest BCUT2D eigenvalue weighted by molar-refractivity contribution is 5.85. The normalized spacial score (nSPS) is 30.0. The molecule has 0 radical (unpaired) electrons. The van der Waals surface area contributed by atoms with Crippen molar-refractivity contribution in [2.75, 3.05) is 13.1 Å². The van der Waals surface area contributed by atoms with E-state index in [9.17, 15) is 14.7 Å². The van der Waals surface area contributed by atoms with E-state index in [1.165, 1.54) is 6.42 Å². The van der Waals surface area contributed by atoms with Crippen molar-refractivity contribution in [3.05, 3.63) is 0 Å². The molecule has 0 aromatic heterocycles. The fourth-order valence-corrected chi connectivity index (χ4v) is 3.07. The van der Waals surface area contributed by atoms with Crippen molar-refractivity contribution in [3.63, 3.8) is 0 Å². The topological polar surface area (TPSA) is 57.6 Å². The summed E-state index contributed by atoms with van der Waals surface area (Å²) in [5.74, 6) is -1.41. The molecule has 96 valence electrons. The number of hydrogen-bond donors (Lipinski definition) is 1. The molecule has 0 aromatic rings. The molecule has 0 spiro atoms. The van der Waals surface area contributed by atoms with Gasteiger partial charge in [-0.2, -0.15) is 0 Å². The van der Waals surface area contributed by atoms with E-state index in [4.69, 9.17) is 0 Å². The maximum atomic E-state index is 12.3. The maximum Gasteiger partial charge on any atom is 0.307 e. The Balaban J connectivity index is 2.02. The van der Waals surface area contributed by atoms with Crippen molar-refractivity contribution in [2.24, 2.45) is 11.8 Å². The Bertz CT molecular complexity index is 297. The minimum atomic E-state index is -0.792. The van der Waals surface area contributed by atoms with Crippen LogP contribution in [0.5, 0.6) is 0 Å². The Morgan fingerprint density at radius 2 is 1.47 bits per heavy atom. The number of piperidine rings is 1. The number of likely N-dealkylation sites (tertiary alicyclic amines) is 1. The molecule has 2 aliphatic rings. The van der Waals surface area contributed by atoms with Gasteiger partial charge in [0, 0.05) is 13.1 Å². The van der Waals surface area contributed by atoms with E-state index < -0.39 is 11.9 Å². The number of carboxylic acid groups (broad SMARTS) is 1. The summed E-state index contributed by atoms with van der Waals surface area (Å²) in [4.78, 5) is 25.4. The lowest BCUT2D eigenvalue weighted by atomic mass is 9.78. The lowest BCUT2D eigenvalue weighted by molar-refractivity contribution is -0.152. The molecule has 1 saturated heterocycles. The van der Waals surface area contributed by atoms with Crippen molar-refractivity contribution in [1.29, 1.82) is 0 Å². The number of nitrogens with zero attached hydrogens (tertiary/aromatic N) is 1. The zero-order valence-corrected chi connectivity index (χ0v) is 10.2. The van der Waals surface area contributed by atoms with Crippen LogP contribution in [0, 0.1) is 11.8 Å². The van der Waals surface area contributed by atoms with Gasteiger partial charge in [0.15, 0.2) is 0 Å². The summed E-state index contributed by atoms with van der Waals surface area (Å²) in [5, 5.41) is 9.19. The summed E-state index contributed by atoms with van der Waals surface area (Å²) in [6, 6.07) is 0. The fraction of sp³-hybridized carbons (Fsp3) is 0.846. The van der Waals surface area contributed by atoms with Crippen LogP contribution < -0.4 is 0 Å². The number of carboxylic acids is 1. The minimum absolute atomic E-state index is 0.0943. The molecule has 1 N–H and O–H groups in total. The molecule has 2 fully saturated rings. The second-order valence-corrected chi connectivity index (χ2v) is 5.22. The largest absolute Gasteiger partial charge is 0.481 e. The second kappa shape index (κ2) is 5.52. The van der Waals surface area contributed by atoms with Gasteiger partial charge in [-0.3, -0.25) is 9.59 Å². The van der Waals surface area contributed by atoms with Crippen LogP contribution in [0.25, 0.3) is 0 Å². The van der Waals surface area contributed by atoms with E-state index >= 15 is 0 Å². The van der Waals surface area contributed by atoms with Crippen LogP contribution in [-0.2, 0) is 9.59 Å². The summed E-state index contributed by atoms with van der Waals surface area (Å²) in [6.07, 6.45) is 6.68. The lowest BCUT2D eigenvalue weighted by Gasteiger charge is -2.34. The number of rotatable bonds is 2. The Kier molecular flexibility index (Phi) is 4.02. The summed E-state index contributed by atoms with van der Waals surface area (Å²) >= 11 is 0. The Hall–Kier alpha value is -1.06. The van der Waals surface area contributed by atoms with Crippen LogP contribution in [0.2, 0.25) is 0 Å². The van der Waals surface area contributed by atoms with Crippen LogP contribution >= 0.6 is 0 Å². The quantitative estimate of drug-likeness (QED) is 0.800. The van der Waals surface area contributed by atoms with E-state index in [1.54, 1.807) is 0 Å². The SMILES string of the molecule is O=C(O)[C@@H]1CCCC[C@@H]1C(=O)N1CCCCC1. The number of aliphatic carboxylic acids is 1. The van der Waals surface area contributed by atoms with E-state index in [1.807, 2.05) is 4.90 Å². The van der Waals surface area contributed by atoms with E-state index in [0.29, 0.717) is 6.42 Å². The summed E-state index contributed by atoms with van der Waals surface area (Å²) in [7, 11) is 0. The van der Waals surface area contributed by atoms with E-state index in [0.717, 1.165) is 45.2 Å². The van der Waals surface area contributed by atoms with Gasteiger partial charge in [0.2, 0.25) is 5.91 Å². The molecule has 1 heterocycles. The predicted octanol–water partition coefficient (Wildman–Crippen LogP) is 1.89. The predicted molar refractivity (Wildman–Crippen MR) is 63.5 cm³/mol. The first-order chi connectivity index (χ1) is 8.20. The highest BCUT2D eigenvalue weighted by Gasteiger charge is 2.37. The summed E-state index contributed by atoms with van der Waals surface area (Å²) in [5.41, 5.74) is 0. The third-order valence-corrected chi connectivity index (χ3v) is 4.07. The third-order valence-electron chi connectivity index (χ3n) is 4.07. The maximum absolute atomic E-state index is 12.3. The van der Waals surface area contributed by atoms with Gasteiger partial charge in [-0.15, -0.1) is 0 Å². The van der Waals surface area contributed by atoms with Crippen molar-refractivity contribution in [2.45, 2.75) is 44.9 Å². The molecule has 0 aromatic carbocycles. The van der Waals surface area contributed by atoms with Crippen molar-refractivity contribution in [3.8, 4) is 0 Å². The zero-order chi connectivity index (χ0) is 12.3. The number of hydrogen-bond acceptors (Lipinski definition) is 2. The molecular weight excluding hydrogens is 218 g/mol. The van der Waals surface area contributed by atoms with Crippen LogP contribution in [0.3, 0.4) is 0 Å². The average Bonchev–Trinajstić information content (AvgIpc) is 2.39. The van der Waals surface area contributed by atoms with Crippen LogP contribution in [0.15, 0.2) is 0 Å². The van der Waals surface area contributed by atoms with Gasteiger partial charge in [-0.25, -0.2) is 0 Å². The first-order valence-electron chi connectivity index (χ1n) is 6.72. The molecule has 2 atom stereocenters. The van der Waals surface area contributed by atoms with Crippen molar-refractivity contribution < 1.29 is 14.7 Å².